The molecule has 1 rings (SSSR count). The SMILES string of the molecule is CCCCCCCCNc1cnc(C#N)cn1. The van der Waals surface area contributed by atoms with Gasteiger partial charge in [0.1, 0.15) is 11.9 Å². The number of nitriles is 1. The molecule has 0 bridgehead atoms. The van der Waals surface area contributed by atoms with Crippen molar-refractivity contribution < 1.29 is 0 Å². The van der Waals surface area contributed by atoms with E-state index >= 15 is 0 Å². The van der Waals surface area contributed by atoms with Crippen LogP contribution in [0.2, 0.25) is 0 Å². The van der Waals surface area contributed by atoms with Gasteiger partial charge in [-0.15, -0.1) is 0 Å². The van der Waals surface area contributed by atoms with Crippen LogP contribution in [0.4, 0.5) is 5.82 Å². The molecule has 1 heterocycles. The maximum atomic E-state index is 8.57. The summed E-state index contributed by atoms with van der Waals surface area (Å²) >= 11 is 0. The Kier molecular flexibility index (Phi) is 6.73. The Morgan fingerprint density at radius 2 is 1.88 bits per heavy atom. The molecule has 0 aromatic carbocycles. The first-order chi connectivity index (χ1) is 8.36. The molecule has 0 radical (unpaired) electrons. The van der Waals surface area contributed by atoms with Gasteiger partial charge in [0.15, 0.2) is 5.69 Å². The van der Waals surface area contributed by atoms with Crippen molar-refractivity contribution in [1.82, 2.24) is 9.97 Å². The largest absolute Gasteiger partial charge is 0.369 e. The maximum Gasteiger partial charge on any atom is 0.158 e. The molecule has 4 nitrogen and oxygen atoms in total. The highest BCUT2D eigenvalue weighted by molar-refractivity contribution is 5.32. The lowest BCUT2D eigenvalue weighted by Gasteiger charge is -2.04. The third-order valence-corrected chi connectivity index (χ3v) is 2.60. The van der Waals surface area contributed by atoms with Gasteiger partial charge >= 0.3 is 0 Å². The van der Waals surface area contributed by atoms with Gasteiger partial charge in [-0.05, 0) is 6.42 Å². The lowest BCUT2D eigenvalue weighted by molar-refractivity contribution is 0.616. The zero-order chi connectivity index (χ0) is 12.3. The number of unbranched alkanes of at least 4 members (excludes halogenated alkanes) is 5. The average molecular weight is 232 g/mol. The van der Waals surface area contributed by atoms with Gasteiger partial charge < -0.3 is 5.32 Å². The number of aromatic nitrogens is 2. The Labute approximate surface area is 103 Å². The van der Waals surface area contributed by atoms with Gasteiger partial charge in [0.2, 0.25) is 0 Å². The summed E-state index contributed by atoms with van der Waals surface area (Å²) in [5, 5.41) is 11.8. The molecule has 0 aliphatic carbocycles. The van der Waals surface area contributed by atoms with E-state index in [-0.39, 0.29) is 0 Å². The molecular weight excluding hydrogens is 212 g/mol. The zero-order valence-electron chi connectivity index (χ0n) is 10.4. The Morgan fingerprint density at radius 1 is 1.12 bits per heavy atom. The predicted octanol–water partition coefficient (Wildman–Crippen LogP) is 3.12. The molecule has 0 atom stereocenters. The average Bonchev–Trinajstić information content (AvgIpc) is 2.38. The first kappa shape index (κ1) is 13.4. The van der Waals surface area contributed by atoms with E-state index in [0.29, 0.717) is 5.69 Å². The van der Waals surface area contributed by atoms with E-state index in [9.17, 15) is 0 Å². The van der Waals surface area contributed by atoms with Crippen molar-refractivity contribution in [2.75, 3.05) is 11.9 Å². The molecule has 1 aromatic rings. The fourth-order valence-corrected chi connectivity index (χ4v) is 1.60. The normalized spacial score (nSPS) is 9.88. The highest BCUT2D eigenvalue weighted by atomic mass is 15.0. The standard InChI is InChI=1S/C13H20N4/c1-2-3-4-5-6-7-8-15-13-11-16-12(9-14)10-17-13/h10-11H,2-8H2,1H3,(H,15,17). The molecule has 17 heavy (non-hydrogen) atoms. The minimum Gasteiger partial charge on any atom is -0.369 e. The van der Waals surface area contributed by atoms with Crippen molar-refractivity contribution in [2.45, 2.75) is 45.4 Å². The van der Waals surface area contributed by atoms with Gasteiger partial charge in [-0.2, -0.15) is 5.26 Å². The first-order valence-electron chi connectivity index (χ1n) is 6.33. The molecule has 0 fully saturated rings. The Hall–Kier alpha value is -1.63. The zero-order valence-corrected chi connectivity index (χ0v) is 10.4. The molecule has 1 N–H and O–H groups in total. The van der Waals surface area contributed by atoms with Crippen LogP contribution in [-0.4, -0.2) is 16.5 Å². The van der Waals surface area contributed by atoms with Gasteiger partial charge in [0.05, 0.1) is 12.4 Å². The second-order valence-electron chi connectivity index (χ2n) is 4.09. The lowest BCUT2D eigenvalue weighted by Crippen LogP contribution is -2.03. The molecule has 0 amide bonds. The van der Waals surface area contributed by atoms with E-state index < -0.39 is 0 Å². The molecule has 4 heteroatoms. The third-order valence-electron chi connectivity index (χ3n) is 2.60. The third kappa shape index (κ3) is 5.86. The smallest absolute Gasteiger partial charge is 0.158 e. The van der Waals surface area contributed by atoms with E-state index in [1.165, 1.54) is 38.3 Å². The van der Waals surface area contributed by atoms with Gasteiger partial charge in [0, 0.05) is 6.54 Å². The molecule has 0 spiro atoms. The van der Waals surface area contributed by atoms with Crippen LogP contribution in [-0.2, 0) is 0 Å². The quantitative estimate of drug-likeness (QED) is 0.699. The number of nitrogens with zero attached hydrogens (tertiary/aromatic N) is 3. The van der Waals surface area contributed by atoms with Crippen molar-refractivity contribution in [3.8, 4) is 6.07 Å². The second kappa shape index (κ2) is 8.51. The van der Waals surface area contributed by atoms with Gasteiger partial charge in [0.25, 0.3) is 0 Å². The minimum atomic E-state index is 0.357. The second-order valence-corrected chi connectivity index (χ2v) is 4.09. The molecule has 0 saturated heterocycles. The van der Waals surface area contributed by atoms with Crippen LogP contribution in [0, 0.1) is 11.3 Å². The van der Waals surface area contributed by atoms with Crippen LogP contribution >= 0.6 is 0 Å². The number of nitrogens with one attached hydrogen (secondary N) is 1. The van der Waals surface area contributed by atoms with Crippen molar-refractivity contribution in [2.24, 2.45) is 0 Å². The summed E-state index contributed by atoms with van der Waals surface area (Å²) in [4.78, 5) is 8.05. The molecule has 0 aliphatic heterocycles. The molecule has 0 saturated carbocycles. The van der Waals surface area contributed by atoms with Crippen LogP contribution in [0.3, 0.4) is 0 Å². The fraction of sp³-hybridized carbons (Fsp3) is 0.615. The van der Waals surface area contributed by atoms with E-state index in [0.717, 1.165) is 18.8 Å². The van der Waals surface area contributed by atoms with Gasteiger partial charge in [-0.25, -0.2) is 9.97 Å². The topological polar surface area (TPSA) is 61.6 Å². The van der Waals surface area contributed by atoms with Gasteiger partial charge in [-0.3, -0.25) is 0 Å². The number of rotatable bonds is 8. The summed E-state index contributed by atoms with van der Waals surface area (Å²) < 4.78 is 0. The molecule has 92 valence electrons. The Morgan fingerprint density at radius 3 is 2.53 bits per heavy atom. The molecular formula is C13H20N4. The highest BCUT2D eigenvalue weighted by Gasteiger charge is 1.95. The van der Waals surface area contributed by atoms with Crippen LogP contribution in [0.15, 0.2) is 12.4 Å². The van der Waals surface area contributed by atoms with Crippen LogP contribution in [0.1, 0.15) is 51.1 Å². The van der Waals surface area contributed by atoms with E-state index in [4.69, 9.17) is 5.26 Å². The summed E-state index contributed by atoms with van der Waals surface area (Å²) in [5.74, 6) is 0.748. The van der Waals surface area contributed by atoms with Crippen LogP contribution in [0.5, 0.6) is 0 Å². The summed E-state index contributed by atoms with van der Waals surface area (Å²) in [6.45, 7) is 3.15. The summed E-state index contributed by atoms with van der Waals surface area (Å²) in [5.41, 5.74) is 0.357. The highest BCUT2D eigenvalue weighted by Crippen LogP contribution is 2.06. The summed E-state index contributed by atoms with van der Waals surface area (Å²) in [6.07, 6.45) is 10.8. The van der Waals surface area contributed by atoms with Gasteiger partial charge in [-0.1, -0.05) is 39.0 Å². The lowest BCUT2D eigenvalue weighted by atomic mass is 10.1. The predicted molar refractivity (Wildman–Crippen MR) is 68.6 cm³/mol. The van der Waals surface area contributed by atoms with Crippen molar-refractivity contribution in [3.63, 3.8) is 0 Å². The molecule has 0 aliphatic rings. The monoisotopic (exact) mass is 232 g/mol. The van der Waals surface area contributed by atoms with Crippen LogP contribution < -0.4 is 5.32 Å². The van der Waals surface area contributed by atoms with Crippen molar-refractivity contribution in [1.29, 1.82) is 5.26 Å². The fourth-order valence-electron chi connectivity index (χ4n) is 1.60. The summed E-state index contributed by atoms with van der Waals surface area (Å²) in [6, 6.07) is 1.95. The molecule has 1 aromatic heterocycles. The summed E-state index contributed by atoms with van der Waals surface area (Å²) in [7, 11) is 0. The number of hydrogen-bond acceptors (Lipinski definition) is 4. The Balaban J connectivity index is 2.08. The van der Waals surface area contributed by atoms with E-state index in [1.54, 1.807) is 6.20 Å². The van der Waals surface area contributed by atoms with Crippen LogP contribution in [0.25, 0.3) is 0 Å². The first-order valence-corrected chi connectivity index (χ1v) is 6.33. The molecule has 0 unspecified atom stereocenters. The number of anilines is 1. The number of hydrogen-bond donors (Lipinski definition) is 1. The van der Waals surface area contributed by atoms with E-state index in [1.807, 2.05) is 6.07 Å². The van der Waals surface area contributed by atoms with E-state index in [2.05, 4.69) is 22.2 Å². The maximum absolute atomic E-state index is 8.57. The minimum absolute atomic E-state index is 0.357. The van der Waals surface area contributed by atoms with Crippen molar-refractivity contribution >= 4 is 5.82 Å². The van der Waals surface area contributed by atoms with Crippen molar-refractivity contribution in [3.05, 3.63) is 18.1 Å². The Bertz CT molecular complexity index is 339.